The van der Waals surface area contributed by atoms with Gasteiger partial charge in [-0.2, -0.15) is 0 Å². The summed E-state index contributed by atoms with van der Waals surface area (Å²) < 4.78 is 0. The first-order valence-corrected chi connectivity index (χ1v) is 3.35. The topological polar surface area (TPSA) is 127 Å². The van der Waals surface area contributed by atoms with E-state index in [1.807, 2.05) is 0 Å². The summed E-state index contributed by atoms with van der Waals surface area (Å²) in [6, 6.07) is 0. The van der Waals surface area contributed by atoms with Gasteiger partial charge in [0.2, 0.25) is 0 Å². The summed E-state index contributed by atoms with van der Waals surface area (Å²) in [5.41, 5.74) is 9.17. The summed E-state index contributed by atoms with van der Waals surface area (Å²) in [7, 11) is 0. The average molecular weight is 176 g/mol. The van der Waals surface area contributed by atoms with Crippen LogP contribution >= 0.6 is 0 Å². The van der Waals surface area contributed by atoms with Gasteiger partial charge in [-0.05, 0) is 6.42 Å². The molecule has 0 unspecified atom stereocenters. The number of hydrogen-bond donors (Lipinski definition) is 4. The van der Waals surface area contributed by atoms with Crippen LogP contribution in [0.5, 0.6) is 0 Å². The molecule has 0 spiro atoms. The Balaban J connectivity index is 3.86. The number of carbonyl (C=O) groups is 2. The van der Waals surface area contributed by atoms with Gasteiger partial charge in [0.1, 0.15) is 0 Å². The maximum absolute atomic E-state index is 10.2. The van der Waals surface area contributed by atoms with E-state index in [9.17, 15) is 9.59 Å². The van der Waals surface area contributed by atoms with Gasteiger partial charge >= 0.3 is 11.9 Å². The maximum Gasteiger partial charge on any atom is 0.306 e. The highest BCUT2D eigenvalue weighted by atomic mass is 16.4. The van der Waals surface area contributed by atoms with Crippen molar-refractivity contribution in [2.75, 3.05) is 0 Å². The van der Waals surface area contributed by atoms with E-state index in [2.05, 4.69) is 0 Å². The summed E-state index contributed by atoms with van der Waals surface area (Å²) >= 11 is 0. The molecule has 0 aromatic heterocycles. The van der Waals surface area contributed by atoms with Crippen LogP contribution in [0, 0.1) is 0 Å². The van der Waals surface area contributed by atoms with E-state index in [1.54, 1.807) is 0 Å². The van der Waals surface area contributed by atoms with E-state index in [1.165, 1.54) is 0 Å². The van der Waals surface area contributed by atoms with E-state index >= 15 is 0 Å². The molecule has 0 aromatic rings. The van der Waals surface area contributed by atoms with E-state index < -0.39 is 24.0 Å². The molecule has 0 bridgehead atoms. The zero-order valence-electron chi connectivity index (χ0n) is 6.49. The Morgan fingerprint density at radius 1 is 1.17 bits per heavy atom. The predicted octanol–water partition coefficient (Wildman–Crippen LogP) is -1.06. The molecule has 0 aliphatic heterocycles. The van der Waals surface area contributed by atoms with Crippen molar-refractivity contribution in [1.29, 1.82) is 0 Å². The number of hydrogen-bond acceptors (Lipinski definition) is 4. The maximum atomic E-state index is 10.2. The summed E-state index contributed by atoms with van der Waals surface area (Å²) in [5, 5.41) is 16.6. The van der Waals surface area contributed by atoms with Gasteiger partial charge in [0.15, 0.2) is 0 Å². The molecule has 0 amide bonds. The van der Waals surface area contributed by atoms with Crippen LogP contribution in [0.3, 0.4) is 0 Å². The van der Waals surface area contributed by atoms with Crippen molar-refractivity contribution in [1.82, 2.24) is 0 Å². The minimum Gasteiger partial charge on any atom is -0.481 e. The Hall–Kier alpha value is -1.14. The minimum absolute atomic E-state index is 0.0470. The largest absolute Gasteiger partial charge is 0.481 e. The minimum atomic E-state index is -1.43. The summed E-state index contributed by atoms with van der Waals surface area (Å²) in [6.45, 7) is 0. The number of aliphatic carboxylic acids is 2. The van der Waals surface area contributed by atoms with Crippen molar-refractivity contribution in [3.8, 4) is 0 Å². The zero-order chi connectivity index (χ0) is 9.78. The standard InChI is InChI=1S/C6H12N2O4/c7-6(8,3-5(11)12)2-1-4(9)10/h1-3,7-8H2,(H,9,10)(H,11,12). The van der Waals surface area contributed by atoms with E-state index in [-0.39, 0.29) is 12.8 Å². The molecule has 0 atom stereocenters. The SMILES string of the molecule is NC(N)(CCC(=O)O)CC(=O)O. The molecule has 0 saturated carbocycles. The zero-order valence-corrected chi connectivity index (χ0v) is 6.49. The first kappa shape index (κ1) is 10.9. The molecule has 0 saturated heterocycles. The van der Waals surface area contributed by atoms with E-state index in [0.29, 0.717) is 0 Å². The molecule has 6 heteroatoms. The van der Waals surface area contributed by atoms with Gasteiger partial charge in [-0.15, -0.1) is 0 Å². The van der Waals surface area contributed by atoms with Crippen LogP contribution in [0.2, 0.25) is 0 Å². The third-order valence-corrected chi connectivity index (χ3v) is 1.28. The van der Waals surface area contributed by atoms with Crippen LogP contribution in [-0.4, -0.2) is 27.8 Å². The molecular formula is C6H12N2O4. The van der Waals surface area contributed by atoms with Crippen LogP contribution in [0.1, 0.15) is 19.3 Å². The molecule has 0 rings (SSSR count). The fourth-order valence-corrected chi connectivity index (χ4v) is 0.710. The predicted molar refractivity (Wildman–Crippen MR) is 40.2 cm³/mol. The molecule has 0 radical (unpaired) electrons. The highest BCUT2D eigenvalue weighted by Crippen LogP contribution is 2.07. The van der Waals surface area contributed by atoms with Gasteiger partial charge in [0.05, 0.1) is 12.1 Å². The number of carboxylic acids is 2. The molecule has 0 aliphatic rings. The number of rotatable bonds is 5. The quantitative estimate of drug-likeness (QED) is 0.395. The highest BCUT2D eigenvalue weighted by molar-refractivity contribution is 5.69. The van der Waals surface area contributed by atoms with Crippen LogP contribution in [0.15, 0.2) is 0 Å². The fourth-order valence-electron chi connectivity index (χ4n) is 0.710. The second-order valence-electron chi connectivity index (χ2n) is 2.70. The molecule has 70 valence electrons. The van der Waals surface area contributed by atoms with Crippen LogP contribution in [-0.2, 0) is 9.59 Å². The number of nitrogens with two attached hydrogens (primary N) is 2. The van der Waals surface area contributed by atoms with Crippen molar-refractivity contribution in [2.45, 2.75) is 24.9 Å². The lowest BCUT2D eigenvalue weighted by Crippen LogP contribution is -2.51. The van der Waals surface area contributed by atoms with Crippen LogP contribution < -0.4 is 11.5 Å². The highest BCUT2D eigenvalue weighted by Gasteiger charge is 2.23. The smallest absolute Gasteiger partial charge is 0.306 e. The Morgan fingerprint density at radius 2 is 1.67 bits per heavy atom. The normalized spacial score (nSPS) is 11.2. The molecule has 0 fully saturated rings. The van der Waals surface area contributed by atoms with Gasteiger partial charge in [0, 0.05) is 6.42 Å². The molecule has 0 aliphatic carbocycles. The van der Waals surface area contributed by atoms with Gasteiger partial charge in [-0.1, -0.05) is 0 Å². The second-order valence-corrected chi connectivity index (χ2v) is 2.70. The van der Waals surface area contributed by atoms with Crippen molar-refractivity contribution in [3.05, 3.63) is 0 Å². The summed E-state index contributed by atoms with van der Waals surface area (Å²) in [6.07, 6.45) is -0.699. The van der Waals surface area contributed by atoms with E-state index in [4.69, 9.17) is 21.7 Å². The molecule has 0 aromatic carbocycles. The first-order valence-electron chi connectivity index (χ1n) is 3.35. The lowest BCUT2D eigenvalue weighted by atomic mass is 10.0. The Morgan fingerprint density at radius 3 is 2.00 bits per heavy atom. The molecular weight excluding hydrogens is 164 g/mol. The van der Waals surface area contributed by atoms with Crippen molar-refractivity contribution >= 4 is 11.9 Å². The van der Waals surface area contributed by atoms with Crippen LogP contribution in [0.4, 0.5) is 0 Å². The Labute approximate surface area is 69.2 Å². The van der Waals surface area contributed by atoms with Crippen molar-refractivity contribution < 1.29 is 19.8 Å². The first-order chi connectivity index (χ1) is 5.33. The third-order valence-electron chi connectivity index (χ3n) is 1.28. The van der Waals surface area contributed by atoms with Gasteiger partial charge < -0.3 is 21.7 Å². The van der Waals surface area contributed by atoms with Gasteiger partial charge in [-0.25, -0.2) is 0 Å². The molecule has 6 nitrogen and oxygen atoms in total. The van der Waals surface area contributed by atoms with Crippen molar-refractivity contribution in [2.24, 2.45) is 11.5 Å². The van der Waals surface area contributed by atoms with Crippen molar-refractivity contribution in [3.63, 3.8) is 0 Å². The monoisotopic (exact) mass is 176 g/mol. The number of carboxylic acid groups (broad SMARTS) is 2. The third kappa shape index (κ3) is 5.63. The second kappa shape index (κ2) is 4.03. The summed E-state index contributed by atoms with van der Waals surface area (Å²) in [4.78, 5) is 20.2. The van der Waals surface area contributed by atoms with E-state index in [0.717, 1.165) is 0 Å². The summed E-state index contributed by atoms with van der Waals surface area (Å²) in [5.74, 6) is -2.17. The van der Waals surface area contributed by atoms with Gasteiger partial charge in [0.25, 0.3) is 0 Å². The molecule has 12 heavy (non-hydrogen) atoms. The lowest BCUT2D eigenvalue weighted by molar-refractivity contribution is -0.140. The Kier molecular flexibility index (Phi) is 3.65. The van der Waals surface area contributed by atoms with Crippen LogP contribution in [0.25, 0.3) is 0 Å². The average Bonchev–Trinajstić information content (AvgIpc) is 1.81. The molecule has 6 N–H and O–H groups in total. The lowest BCUT2D eigenvalue weighted by Gasteiger charge is -2.20. The Bertz CT molecular complexity index is 190. The van der Waals surface area contributed by atoms with Gasteiger partial charge in [-0.3, -0.25) is 9.59 Å². The fraction of sp³-hybridized carbons (Fsp3) is 0.667. The molecule has 0 heterocycles.